The molecule has 0 spiro atoms. The molecule has 2 unspecified atom stereocenters. The summed E-state index contributed by atoms with van der Waals surface area (Å²) in [6, 6.07) is 4.98. The summed E-state index contributed by atoms with van der Waals surface area (Å²) in [5, 5.41) is 4.12. The number of halogens is 2. The Bertz CT molecular complexity index is 655. The number of hydrogen-bond donors (Lipinski definition) is 1. The van der Waals surface area contributed by atoms with Gasteiger partial charge in [-0.1, -0.05) is 29.3 Å². The van der Waals surface area contributed by atoms with Gasteiger partial charge in [0.2, 0.25) is 11.8 Å². The first-order chi connectivity index (χ1) is 10.9. The lowest BCUT2D eigenvalue weighted by molar-refractivity contribution is -0.137. The zero-order chi connectivity index (χ0) is 16.6. The Balaban J connectivity index is 1.57. The maximum Gasteiger partial charge on any atom is 0.243 e. The lowest BCUT2D eigenvalue weighted by Gasteiger charge is -2.29. The standard InChI is InChI=1S/C16H18Cl2N2O2S/c1-16-6-4-14(21)20(16)13(9-23-16)15(22)19-7-5-10-2-3-11(17)8-12(10)18/h2-3,8,13H,4-7,9H2,1H3,(H,19,22). The molecular weight excluding hydrogens is 355 g/mol. The molecule has 2 aliphatic rings. The van der Waals surface area contributed by atoms with Crippen LogP contribution in [0.4, 0.5) is 0 Å². The highest BCUT2D eigenvalue weighted by Crippen LogP contribution is 2.47. The third kappa shape index (κ3) is 3.32. The molecule has 1 aromatic rings. The van der Waals surface area contributed by atoms with Crippen LogP contribution in [0.2, 0.25) is 10.0 Å². The summed E-state index contributed by atoms with van der Waals surface area (Å²) >= 11 is 13.7. The second-order valence-electron chi connectivity index (χ2n) is 6.04. The van der Waals surface area contributed by atoms with Crippen LogP contribution in [0, 0.1) is 0 Å². The van der Waals surface area contributed by atoms with Gasteiger partial charge in [-0.3, -0.25) is 9.59 Å². The van der Waals surface area contributed by atoms with E-state index in [9.17, 15) is 9.59 Å². The monoisotopic (exact) mass is 372 g/mol. The van der Waals surface area contributed by atoms with Crippen LogP contribution in [-0.2, 0) is 16.0 Å². The molecule has 0 bridgehead atoms. The lowest BCUT2D eigenvalue weighted by Crippen LogP contribution is -2.50. The molecule has 2 heterocycles. The Kier molecular flexibility index (Phi) is 4.81. The highest BCUT2D eigenvalue weighted by molar-refractivity contribution is 8.01. The first-order valence-electron chi connectivity index (χ1n) is 7.58. The van der Waals surface area contributed by atoms with Gasteiger partial charge in [-0.15, -0.1) is 11.8 Å². The fourth-order valence-corrected chi connectivity index (χ4v) is 5.11. The molecule has 0 saturated carbocycles. The molecule has 124 valence electrons. The Morgan fingerprint density at radius 2 is 2.26 bits per heavy atom. The Morgan fingerprint density at radius 3 is 3.00 bits per heavy atom. The molecule has 1 aromatic carbocycles. The maximum absolute atomic E-state index is 12.4. The zero-order valence-corrected chi connectivity index (χ0v) is 15.1. The van der Waals surface area contributed by atoms with Crippen LogP contribution in [0.5, 0.6) is 0 Å². The topological polar surface area (TPSA) is 49.4 Å². The summed E-state index contributed by atoms with van der Waals surface area (Å²) in [5.41, 5.74) is 0.944. The van der Waals surface area contributed by atoms with Crippen molar-refractivity contribution in [1.29, 1.82) is 0 Å². The van der Waals surface area contributed by atoms with Crippen molar-refractivity contribution in [2.24, 2.45) is 0 Å². The molecular formula is C16H18Cl2N2O2S. The van der Waals surface area contributed by atoms with Crippen LogP contribution in [0.25, 0.3) is 0 Å². The third-order valence-corrected chi connectivity index (χ3v) is 6.55. The number of benzene rings is 1. The van der Waals surface area contributed by atoms with Crippen LogP contribution in [0.15, 0.2) is 18.2 Å². The number of rotatable bonds is 4. The van der Waals surface area contributed by atoms with Crippen molar-refractivity contribution in [1.82, 2.24) is 10.2 Å². The quantitative estimate of drug-likeness (QED) is 0.883. The molecule has 4 nitrogen and oxygen atoms in total. The molecule has 2 atom stereocenters. The van der Waals surface area contributed by atoms with E-state index in [2.05, 4.69) is 5.32 Å². The molecule has 2 fully saturated rings. The third-order valence-electron chi connectivity index (χ3n) is 4.46. The van der Waals surface area contributed by atoms with Gasteiger partial charge in [0, 0.05) is 28.8 Å². The molecule has 0 aromatic heterocycles. The minimum absolute atomic E-state index is 0.0818. The van der Waals surface area contributed by atoms with Crippen LogP contribution in [0.3, 0.4) is 0 Å². The first-order valence-corrected chi connectivity index (χ1v) is 9.33. The summed E-state index contributed by atoms with van der Waals surface area (Å²) in [6.07, 6.45) is 1.99. The number of nitrogens with one attached hydrogen (secondary N) is 1. The molecule has 23 heavy (non-hydrogen) atoms. The number of carbonyl (C=O) groups excluding carboxylic acids is 2. The molecule has 2 amide bonds. The Morgan fingerprint density at radius 1 is 1.48 bits per heavy atom. The summed E-state index contributed by atoms with van der Waals surface area (Å²) < 4.78 is 0. The van der Waals surface area contributed by atoms with Gasteiger partial charge in [-0.2, -0.15) is 0 Å². The van der Waals surface area contributed by atoms with Gasteiger partial charge in [0.15, 0.2) is 0 Å². The predicted octanol–water partition coefficient (Wildman–Crippen LogP) is 3.11. The van der Waals surface area contributed by atoms with E-state index in [4.69, 9.17) is 23.2 Å². The van der Waals surface area contributed by atoms with Crippen molar-refractivity contribution < 1.29 is 9.59 Å². The predicted molar refractivity (Wildman–Crippen MR) is 93.9 cm³/mol. The van der Waals surface area contributed by atoms with E-state index in [0.29, 0.717) is 35.2 Å². The number of hydrogen-bond acceptors (Lipinski definition) is 3. The number of nitrogens with zero attached hydrogens (tertiary/aromatic N) is 1. The fraction of sp³-hybridized carbons (Fsp3) is 0.500. The Labute approximate surface area is 149 Å². The van der Waals surface area contributed by atoms with Crippen molar-refractivity contribution in [2.45, 2.75) is 37.1 Å². The number of fused-ring (bicyclic) bond motifs is 1. The summed E-state index contributed by atoms with van der Waals surface area (Å²) in [4.78, 5) is 26.0. The minimum atomic E-state index is -0.360. The largest absolute Gasteiger partial charge is 0.354 e. The van der Waals surface area contributed by atoms with Gasteiger partial charge in [-0.05, 0) is 37.5 Å². The van der Waals surface area contributed by atoms with Crippen LogP contribution in [-0.4, -0.2) is 39.9 Å². The SMILES string of the molecule is CC12CCC(=O)N1C(C(=O)NCCc1ccc(Cl)cc1Cl)CS2. The highest BCUT2D eigenvalue weighted by Gasteiger charge is 2.52. The number of thioether (sulfide) groups is 1. The average Bonchev–Trinajstić information content (AvgIpc) is 2.98. The fourth-order valence-electron chi connectivity index (χ4n) is 3.18. The maximum atomic E-state index is 12.4. The summed E-state index contributed by atoms with van der Waals surface area (Å²) in [6.45, 7) is 2.53. The van der Waals surface area contributed by atoms with Crippen molar-refractivity contribution >= 4 is 46.8 Å². The van der Waals surface area contributed by atoms with E-state index in [1.165, 1.54) is 0 Å². The molecule has 7 heteroatoms. The molecule has 2 saturated heterocycles. The van der Waals surface area contributed by atoms with Crippen LogP contribution < -0.4 is 5.32 Å². The van der Waals surface area contributed by atoms with Gasteiger partial charge in [0.1, 0.15) is 6.04 Å². The second kappa shape index (κ2) is 6.54. The summed E-state index contributed by atoms with van der Waals surface area (Å²) in [7, 11) is 0. The van der Waals surface area contributed by atoms with Crippen molar-refractivity contribution in [2.75, 3.05) is 12.3 Å². The smallest absolute Gasteiger partial charge is 0.243 e. The second-order valence-corrected chi connectivity index (χ2v) is 8.39. The van der Waals surface area contributed by atoms with Gasteiger partial charge >= 0.3 is 0 Å². The van der Waals surface area contributed by atoms with Crippen LogP contribution in [0.1, 0.15) is 25.3 Å². The molecule has 2 aliphatic heterocycles. The number of amides is 2. The van der Waals surface area contributed by atoms with E-state index in [1.54, 1.807) is 28.8 Å². The molecule has 0 radical (unpaired) electrons. The normalized spacial score (nSPS) is 26.5. The van der Waals surface area contributed by atoms with Crippen LogP contribution >= 0.6 is 35.0 Å². The summed E-state index contributed by atoms with van der Waals surface area (Å²) in [5.74, 6) is 0.662. The van der Waals surface area contributed by atoms with Gasteiger partial charge in [0.05, 0.1) is 4.87 Å². The van der Waals surface area contributed by atoms with E-state index < -0.39 is 0 Å². The van der Waals surface area contributed by atoms with E-state index in [0.717, 1.165) is 12.0 Å². The lowest BCUT2D eigenvalue weighted by atomic mass is 10.1. The minimum Gasteiger partial charge on any atom is -0.354 e. The van der Waals surface area contributed by atoms with E-state index in [1.807, 2.05) is 13.0 Å². The van der Waals surface area contributed by atoms with Gasteiger partial charge < -0.3 is 10.2 Å². The first kappa shape index (κ1) is 16.9. The van der Waals surface area contributed by atoms with E-state index in [-0.39, 0.29) is 22.7 Å². The van der Waals surface area contributed by atoms with Crippen molar-refractivity contribution in [3.8, 4) is 0 Å². The Hall–Kier alpha value is -0.910. The van der Waals surface area contributed by atoms with Gasteiger partial charge in [0.25, 0.3) is 0 Å². The number of carbonyl (C=O) groups is 2. The average molecular weight is 373 g/mol. The molecule has 1 N–H and O–H groups in total. The highest BCUT2D eigenvalue weighted by atomic mass is 35.5. The zero-order valence-electron chi connectivity index (χ0n) is 12.8. The molecule has 3 rings (SSSR count). The van der Waals surface area contributed by atoms with Crippen molar-refractivity contribution in [3.63, 3.8) is 0 Å². The van der Waals surface area contributed by atoms with Crippen molar-refractivity contribution in [3.05, 3.63) is 33.8 Å². The van der Waals surface area contributed by atoms with E-state index >= 15 is 0 Å². The molecule has 0 aliphatic carbocycles. The van der Waals surface area contributed by atoms with Gasteiger partial charge in [-0.25, -0.2) is 0 Å².